The minimum absolute atomic E-state index is 0.227. The Morgan fingerprint density at radius 3 is 1.96 bits per heavy atom. The van der Waals surface area contributed by atoms with E-state index in [4.69, 9.17) is 0 Å². The normalized spacial score (nSPS) is 11.8. The molecule has 4 nitrogen and oxygen atoms in total. The molecule has 6 heteroatoms. The highest BCUT2D eigenvalue weighted by atomic mass is 32.9. The number of benzene rings is 2. The zero-order chi connectivity index (χ0) is 16.3. The number of aromatic nitrogens is 2. The molecule has 5 aromatic rings. The highest BCUT2D eigenvalue weighted by Crippen LogP contribution is 2.39. The maximum Gasteiger partial charge on any atom is 0.261 e. The first-order valence-electron chi connectivity index (χ1n) is 7.43. The summed E-state index contributed by atoms with van der Waals surface area (Å²) >= 11 is 0. The van der Waals surface area contributed by atoms with E-state index in [0.717, 1.165) is 25.7 Å². The lowest BCUT2D eigenvalue weighted by atomic mass is 10.0. The fraction of sp³-hybridized carbons (Fsp3) is 0.0556. The highest BCUT2D eigenvalue weighted by molar-refractivity contribution is 7.75. The van der Waals surface area contributed by atoms with E-state index in [-0.39, 0.29) is 17.7 Å². The fourth-order valence-electron chi connectivity index (χ4n) is 3.22. The van der Waals surface area contributed by atoms with Crippen molar-refractivity contribution in [3.8, 4) is 0 Å². The average molecular weight is 350 g/mol. The van der Waals surface area contributed by atoms with Crippen molar-refractivity contribution in [2.45, 2.75) is 6.54 Å². The topological polar surface area (TPSA) is 52.0 Å². The molecule has 0 saturated carbocycles. The molecule has 2 aromatic carbocycles. The van der Waals surface area contributed by atoms with E-state index in [2.05, 4.69) is 4.98 Å². The largest absolute Gasteiger partial charge is 0.270 e. The second kappa shape index (κ2) is 4.96. The van der Waals surface area contributed by atoms with E-state index in [1.54, 1.807) is 33.1 Å². The molecule has 0 radical (unpaired) electrons. The molecule has 0 bridgehead atoms. The highest BCUT2D eigenvalue weighted by Gasteiger charge is 2.17. The minimum Gasteiger partial charge on any atom is -0.270 e. The second-order valence-electron chi connectivity index (χ2n) is 5.69. The maximum atomic E-state index is 12.9. The smallest absolute Gasteiger partial charge is 0.261 e. The molecule has 0 saturated heterocycles. The summed E-state index contributed by atoms with van der Waals surface area (Å²) in [6.07, 6.45) is 3.33. The number of hydrogen-bond donors (Lipinski definition) is 0. The lowest BCUT2D eigenvalue weighted by molar-refractivity contribution is 0.743. The monoisotopic (exact) mass is 350 g/mol. The van der Waals surface area contributed by atoms with Crippen LogP contribution in [0.4, 0.5) is 0 Å². The van der Waals surface area contributed by atoms with Crippen LogP contribution < -0.4 is 11.1 Å². The first-order chi connectivity index (χ1) is 11.7. The van der Waals surface area contributed by atoms with Crippen molar-refractivity contribution in [3.05, 3.63) is 75.1 Å². The van der Waals surface area contributed by atoms with Crippen LogP contribution in [0.2, 0.25) is 0 Å². The van der Waals surface area contributed by atoms with Gasteiger partial charge in [-0.1, -0.05) is 20.7 Å². The second-order valence-corrected chi connectivity index (χ2v) is 7.90. The van der Waals surface area contributed by atoms with Gasteiger partial charge < -0.3 is 0 Å². The molecule has 0 fully saturated rings. The molecule has 0 aliphatic heterocycles. The van der Waals surface area contributed by atoms with Gasteiger partial charge in [0.15, 0.2) is 0 Å². The Labute approximate surface area is 143 Å². The van der Waals surface area contributed by atoms with Gasteiger partial charge in [0.2, 0.25) is 0 Å². The van der Waals surface area contributed by atoms with E-state index >= 15 is 0 Å². The lowest BCUT2D eigenvalue weighted by Gasteiger charge is -2.10. The van der Waals surface area contributed by atoms with Crippen molar-refractivity contribution < 1.29 is 0 Å². The van der Waals surface area contributed by atoms with Gasteiger partial charge in [0.05, 0.1) is 6.54 Å². The van der Waals surface area contributed by atoms with Crippen LogP contribution in [0.1, 0.15) is 5.56 Å². The van der Waals surface area contributed by atoms with Crippen LogP contribution in [0.3, 0.4) is 0 Å². The third-order valence-electron chi connectivity index (χ3n) is 4.35. The fourth-order valence-corrected chi connectivity index (χ4v) is 5.67. The summed E-state index contributed by atoms with van der Waals surface area (Å²) in [4.78, 5) is 29.9. The van der Waals surface area contributed by atoms with Gasteiger partial charge in [-0.3, -0.25) is 19.1 Å². The molecule has 5 rings (SSSR count). The number of pyridine rings is 2. The average Bonchev–Trinajstić information content (AvgIpc) is 3.04. The Morgan fingerprint density at radius 1 is 0.792 bits per heavy atom. The van der Waals surface area contributed by atoms with Crippen LogP contribution >= 0.6 is 20.7 Å². The quantitative estimate of drug-likeness (QED) is 0.457. The zero-order valence-electron chi connectivity index (χ0n) is 12.4. The van der Waals surface area contributed by atoms with Gasteiger partial charge in [-0.25, -0.2) is 0 Å². The van der Waals surface area contributed by atoms with Gasteiger partial charge in [-0.2, -0.15) is 0 Å². The first-order valence-corrected chi connectivity index (χ1v) is 9.58. The molecule has 0 spiro atoms. The van der Waals surface area contributed by atoms with Gasteiger partial charge in [0.25, 0.3) is 11.1 Å². The molecule has 0 aliphatic rings. The molecule has 3 aromatic heterocycles. The van der Waals surface area contributed by atoms with Gasteiger partial charge >= 0.3 is 0 Å². The predicted molar refractivity (Wildman–Crippen MR) is 99.8 cm³/mol. The third-order valence-corrected chi connectivity index (χ3v) is 6.80. The third kappa shape index (κ3) is 1.81. The van der Waals surface area contributed by atoms with Gasteiger partial charge in [-0.15, -0.1) is 0 Å². The van der Waals surface area contributed by atoms with Crippen LogP contribution in [-0.4, -0.2) is 9.55 Å². The minimum atomic E-state index is -0.227. The summed E-state index contributed by atoms with van der Waals surface area (Å²) in [5.74, 6) is 0. The van der Waals surface area contributed by atoms with E-state index in [9.17, 15) is 9.59 Å². The van der Waals surface area contributed by atoms with Crippen LogP contribution in [0.15, 0.2) is 58.4 Å². The Hall–Kier alpha value is -2.57. The maximum absolute atomic E-state index is 12.9. The number of rotatable bonds is 2. The van der Waals surface area contributed by atoms with Crippen LogP contribution in [-0.2, 0) is 6.54 Å². The van der Waals surface area contributed by atoms with Crippen LogP contribution in [0, 0.1) is 0 Å². The van der Waals surface area contributed by atoms with Crippen molar-refractivity contribution in [3.63, 3.8) is 0 Å². The Kier molecular flexibility index (Phi) is 2.86. The van der Waals surface area contributed by atoms with Gasteiger partial charge in [0, 0.05) is 43.3 Å². The molecule has 3 heterocycles. The zero-order valence-corrected chi connectivity index (χ0v) is 14.0. The first kappa shape index (κ1) is 13.8. The molecule has 0 amide bonds. The lowest BCUT2D eigenvalue weighted by Crippen LogP contribution is -2.33. The van der Waals surface area contributed by atoms with Crippen LogP contribution in [0.5, 0.6) is 0 Å². The molecule has 0 N–H and O–H groups in total. The molecule has 0 aliphatic carbocycles. The van der Waals surface area contributed by atoms with E-state index in [0.29, 0.717) is 10.8 Å². The van der Waals surface area contributed by atoms with Crippen molar-refractivity contribution in [1.29, 1.82) is 0 Å². The summed E-state index contributed by atoms with van der Waals surface area (Å²) < 4.78 is 3.57. The van der Waals surface area contributed by atoms with Crippen molar-refractivity contribution >= 4 is 51.6 Å². The van der Waals surface area contributed by atoms with Gasteiger partial charge in [-0.05, 0) is 42.0 Å². The number of hydrogen-bond acceptors (Lipinski definition) is 5. The molecular weight excluding hydrogens is 340 g/mol. The van der Waals surface area contributed by atoms with Crippen molar-refractivity contribution in [2.24, 2.45) is 0 Å². The summed E-state index contributed by atoms with van der Waals surface area (Å²) in [7, 11) is 3.36. The number of nitrogens with zero attached hydrogens (tertiary/aromatic N) is 2. The summed E-state index contributed by atoms with van der Waals surface area (Å²) in [5.41, 5.74) is 0.430. The van der Waals surface area contributed by atoms with E-state index in [1.807, 2.05) is 36.4 Å². The Balaban J connectivity index is 1.92. The standard InChI is InChI=1S/C18H10N2O2S2/c21-17-11-1-3-13-16-14(24-23-13)4-2-12(15(11)16)18(22)20(17)9-10-5-7-19-8-6-10/h1-8H,9H2. The Morgan fingerprint density at radius 2 is 1.38 bits per heavy atom. The summed E-state index contributed by atoms with van der Waals surface area (Å²) in [6, 6.07) is 11.3. The molecule has 24 heavy (non-hydrogen) atoms. The van der Waals surface area contributed by atoms with Crippen molar-refractivity contribution in [2.75, 3.05) is 0 Å². The van der Waals surface area contributed by atoms with E-state index < -0.39 is 0 Å². The Bertz CT molecular complexity index is 1240. The summed E-state index contributed by atoms with van der Waals surface area (Å²) in [5, 5.41) is 3.08. The summed E-state index contributed by atoms with van der Waals surface area (Å²) in [6.45, 7) is 0.258. The molecular formula is C18H10N2O2S2. The van der Waals surface area contributed by atoms with E-state index in [1.165, 1.54) is 4.57 Å². The molecule has 0 unspecified atom stereocenters. The predicted octanol–water partition coefficient (Wildman–Crippen LogP) is 3.67. The molecule has 0 atom stereocenters. The molecule has 116 valence electrons. The van der Waals surface area contributed by atoms with Crippen molar-refractivity contribution in [1.82, 2.24) is 9.55 Å². The SMILES string of the molecule is O=c1c2ccc3ssc4ccc(c(=O)n1Cc1ccncc1)c2c34. The van der Waals surface area contributed by atoms with Crippen LogP contribution in [0.25, 0.3) is 30.9 Å². The van der Waals surface area contributed by atoms with Gasteiger partial charge in [0.1, 0.15) is 0 Å².